The van der Waals surface area contributed by atoms with Gasteiger partial charge in [-0.1, -0.05) is 26.8 Å². The topological polar surface area (TPSA) is 44.5 Å². The lowest BCUT2D eigenvalue weighted by Crippen LogP contribution is -2.32. The maximum Gasteiger partial charge on any atom is 0.128 e. The van der Waals surface area contributed by atoms with E-state index < -0.39 is 0 Å². The summed E-state index contributed by atoms with van der Waals surface area (Å²) in [5.74, 6) is 1.69. The zero-order valence-electron chi connectivity index (χ0n) is 11.7. The maximum atomic E-state index is 6.23. The van der Waals surface area contributed by atoms with Crippen molar-refractivity contribution in [1.82, 2.24) is 0 Å². The van der Waals surface area contributed by atoms with Gasteiger partial charge in [0.25, 0.3) is 0 Å². The zero-order chi connectivity index (χ0) is 13.3. The molecule has 18 heavy (non-hydrogen) atoms. The van der Waals surface area contributed by atoms with Crippen LogP contribution in [0.2, 0.25) is 0 Å². The maximum absolute atomic E-state index is 6.23. The van der Waals surface area contributed by atoms with Crippen molar-refractivity contribution >= 4 is 0 Å². The number of fused-ring (bicyclic) bond motifs is 1. The fourth-order valence-corrected chi connectivity index (χ4v) is 2.50. The van der Waals surface area contributed by atoms with E-state index in [-0.39, 0.29) is 17.6 Å². The van der Waals surface area contributed by atoms with E-state index in [0.717, 1.165) is 29.9 Å². The summed E-state index contributed by atoms with van der Waals surface area (Å²) in [6, 6.07) is 5.94. The van der Waals surface area contributed by atoms with Gasteiger partial charge in [-0.05, 0) is 17.9 Å². The molecule has 0 saturated carbocycles. The lowest BCUT2D eigenvalue weighted by Gasteiger charge is -2.34. The highest BCUT2D eigenvalue weighted by Gasteiger charge is 2.29. The van der Waals surface area contributed by atoms with E-state index in [9.17, 15) is 0 Å². The van der Waals surface area contributed by atoms with Crippen molar-refractivity contribution in [3.05, 3.63) is 23.8 Å². The second-order valence-electron chi connectivity index (χ2n) is 6.25. The summed E-state index contributed by atoms with van der Waals surface area (Å²) in [7, 11) is 1.66. The molecule has 0 radical (unpaired) electrons. The molecule has 0 amide bonds. The number of rotatable bonds is 2. The van der Waals surface area contributed by atoms with Crippen LogP contribution in [0.3, 0.4) is 0 Å². The summed E-state index contributed by atoms with van der Waals surface area (Å²) in [6.45, 7) is 6.68. The molecular weight excluding hydrogens is 226 g/mol. The van der Waals surface area contributed by atoms with Crippen LogP contribution in [-0.2, 0) is 0 Å². The Labute approximate surface area is 109 Å². The quantitative estimate of drug-likeness (QED) is 0.874. The third-order valence-electron chi connectivity index (χ3n) is 3.27. The molecule has 1 unspecified atom stereocenters. The molecule has 2 N–H and O–H groups in total. The zero-order valence-corrected chi connectivity index (χ0v) is 11.7. The van der Waals surface area contributed by atoms with Gasteiger partial charge in [0, 0.05) is 24.1 Å². The molecule has 1 aliphatic rings. The third-order valence-corrected chi connectivity index (χ3v) is 3.27. The molecule has 0 spiro atoms. The van der Waals surface area contributed by atoms with E-state index in [1.807, 2.05) is 18.2 Å². The molecule has 0 bridgehead atoms. The number of ether oxygens (including phenoxy) is 2. The van der Waals surface area contributed by atoms with Crippen molar-refractivity contribution in [2.45, 2.75) is 45.8 Å². The van der Waals surface area contributed by atoms with Crippen molar-refractivity contribution in [2.24, 2.45) is 11.1 Å². The van der Waals surface area contributed by atoms with Crippen LogP contribution in [0.15, 0.2) is 18.2 Å². The van der Waals surface area contributed by atoms with Crippen LogP contribution in [0.25, 0.3) is 0 Å². The molecule has 0 aliphatic carbocycles. The first-order valence-corrected chi connectivity index (χ1v) is 6.49. The van der Waals surface area contributed by atoms with Crippen molar-refractivity contribution in [1.29, 1.82) is 0 Å². The predicted molar refractivity (Wildman–Crippen MR) is 73.0 cm³/mol. The largest absolute Gasteiger partial charge is 0.497 e. The Morgan fingerprint density at radius 1 is 1.39 bits per heavy atom. The van der Waals surface area contributed by atoms with Gasteiger partial charge < -0.3 is 15.2 Å². The molecule has 0 aromatic heterocycles. The summed E-state index contributed by atoms with van der Waals surface area (Å²) in [5, 5.41) is 0. The Bertz CT molecular complexity index is 423. The van der Waals surface area contributed by atoms with E-state index >= 15 is 0 Å². The van der Waals surface area contributed by atoms with E-state index in [1.165, 1.54) is 0 Å². The summed E-state index contributed by atoms with van der Waals surface area (Å²) in [5.41, 5.74) is 7.56. The van der Waals surface area contributed by atoms with Gasteiger partial charge >= 0.3 is 0 Å². The van der Waals surface area contributed by atoms with Crippen molar-refractivity contribution < 1.29 is 9.47 Å². The minimum Gasteiger partial charge on any atom is -0.497 e. The molecule has 1 aromatic carbocycles. The van der Waals surface area contributed by atoms with Crippen LogP contribution < -0.4 is 15.2 Å². The molecular formula is C15H23NO2. The smallest absolute Gasteiger partial charge is 0.128 e. The van der Waals surface area contributed by atoms with Gasteiger partial charge in [0.05, 0.1) is 7.11 Å². The average molecular weight is 249 g/mol. The van der Waals surface area contributed by atoms with Gasteiger partial charge in [-0.2, -0.15) is 0 Å². The van der Waals surface area contributed by atoms with Crippen LogP contribution in [-0.4, -0.2) is 13.2 Å². The summed E-state index contributed by atoms with van der Waals surface area (Å²) >= 11 is 0. The molecule has 0 fully saturated rings. The van der Waals surface area contributed by atoms with Gasteiger partial charge in [0.2, 0.25) is 0 Å². The monoisotopic (exact) mass is 249 g/mol. The van der Waals surface area contributed by atoms with Gasteiger partial charge in [0.15, 0.2) is 0 Å². The highest BCUT2D eigenvalue weighted by molar-refractivity contribution is 5.43. The summed E-state index contributed by atoms with van der Waals surface area (Å²) in [6.07, 6.45) is 2.09. The highest BCUT2D eigenvalue weighted by atomic mass is 16.5. The minimum atomic E-state index is 0.0620. The lowest BCUT2D eigenvalue weighted by atomic mass is 9.85. The van der Waals surface area contributed by atoms with Gasteiger partial charge in [0.1, 0.15) is 17.6 Å². The molecule has 2 rings (SSSR count). The van der Waals surface area contributed by atoms with Crippen molar-refractivity contribution in [3.63, 3.8) is 0 Å². The summed E-state index contributed by atoms with van der Waals surface area (Å²) < 4.78 is 11.3. The fraction of sp³-hybridized carbons (Fsp3) is 0.600. The van der Waals surface area contributed by atoms with Crippen LogP contribution in [0.5, 0.6) is 11.5 Å². The van der Waals surface area contributed by atoms with Gasteiger partial charge in [-0.15, -0.1) is 0 Å². The second kappa shape index (κ2) is 4.81. The fourth-order valence-electron chi connectivity index (χ4n) is 2.50. The van der Waals surface area contributed by atoms with Gasteiger partial charge in [-0.3, -0.25) is 0 Å². The molecule has 100 valence electrons. The molecule has 0 saturated heterocycles. The van der Waals surface area contributed by atoms with Crippen LogP contribution in [0.1, 0.15) is 45.2 Å². The SMILES string of the molecule is COc1ccc2c(c1)OC(CC(C)(C)C)C[C@H]2N. The Balaban J connectivity index is 2.21. The molecule has 3 nitrogen and oxygen atoms in total. The predicted octanol–water partition coefficient (Wildman–Crippen LogP) is 3.28. The van der Waals surface area contributed by atoms with E-state index in [1.54, 1.807) is 7.11 Å². The van der Waals surface area contributed by atoms with E-state index in [4.69, 9.17) is 15.2 Å². The summed E-state index contributed by atoms with van der Waals surface area (Å²) in [4.78, 5) is 0. The van der Waals surface area contributed by atoms with Gasteiger partial charge in [-0.25, -0.2) is 0 Å². The number of hydrogen-bond donors (Lipinski definition) is 1. The first-order valence-electron chi connectivity index (χ1n) is 6.49. The number of hydrogen-bond acceptors (Lipinski definition) is 3. The van der Waals surface area contributed by atoms with E-state index in [2.05, 4.69) is 20.8 Å². The Morgan fingerprint density at radius 3 is 2.72 bits per heavy atom. The Morgan fingerprint density at radius 2 is 2.11 bits per heavy atom. The second-order valence-corrected chi connectivity index (χ2v) is 6.25. The molecule has 3 heteroatoms. The molecule has 1 aromatic rings. The lowest BCUT2D eigenvalue weighted by molar-refractivity contribution is 0.112. The van der Waals surface area contributed by atoms with Crippen molar-refractivity contribution in [3.8, 4) is 11.5 Å². The number of nitrogens with two attached hydrogens (primary N) is 1. The number of benzene rings is 1. The van der Waals surface area contributed by atoms with Crippen LogP contribution in [0, 0.1) is 5.41 Å². The first-order chi connectivity index (χ1) is 8.39. The first kappa shape index (κ1) is 13.2. The molecule has 2 atom stereocenters. The van der Waals surface area contributed by atoms with Crippen molar-refractivity contribution in [2.75, 3.05) is 7.11 Å². The normalized spacial score (nSPS) is 23.2. The van der Waals surface area contributed by atoms with E-state index in [0.29, 0.717) is 0 Å². The average Bonchev–Trinajstić information content (AvgIpc) is 2.25. The minimum absolute atomic E-state index is 0.0620. The highest BCUT2D eigenvalue weighted by Crippen LogP contribution is 2.38. The van der Waals surface area contributed by atoms with Crippen LogP contribution in [0.4, 0.5) is 0 Å². The third kappa shape index (κ3) is 2.96. The van der Waals surface area contributed by atoms with Crippen LogP contribution >= 0.6 is 0 Å². The number of methoxy groups -OCH3 is 1. The Hall–Kier alpha value is -1.22. The molecule has 1 aliphatic heterocycles. The Kier molecular flexibility index (Phi) is 3.53. The standard InChI is InChI=1S/C15H23NO2/c1-15(2,3)9-11-7-13(16)12-6-5-10(17-4)8-14(12)18-11/h5-6,8,11,13H,7,9,16H2,1-4H3/t11?,13-/m1/s1. The molecule has 1 heterocycles.